The second-order valence-electron chi connectivity index (χ2n) is 9.50. The van der Waals surface area contributed by atoms with Crippen molar-refractivity contribution >= 4 is 41.7 Å². The number of ether oxygens (including phenoxy) is 1. The smallest absolute Gasteiger partial charge is 0.243 e. The van der Waals surface area contributed by atoms with Gasteiger partial charge in [0.25, 0.3) is 0 Å². The predicted molar refractivity (Wildman–Crippen MR) is 157 cm³/mol. The molecule has 3 amide bonds. The van der Waals surface area contributed by atoms with E-state index in [9.17, 15) is 24.0 Å². The van der Waals surface area contributed by atoms with Crippen molar-refractivity contribution in [2.45, 2.75) is 38.3 Å². The number of nitrogens with zero attached hydrogens (tertiary/aromatic N) is 1. The molecule has 0 saturated carbocycles. The van der Waals surface area contributed by atoms with Crippen LogP contribution in [0.25, 0.3) is 0 Å². The number of aldehydes is 2. The molecule has 0 bridgehead atoms. The molecule has 2 aromatic carbocycles. The first-order valence-corrected chi connectivity index (χ1v) is 13.4. The van der Waals surface area contributed by atoms with E-state index < -0.39 is 6.04 Å². The molecule has 12 nitrogen and oxygen atoms in total. The van der Waals surface area contributed by atoms with E-state index in [4.69, 9.17) is 10.5 Å². The van der Waals surface area contributed by atoms with E-state index >= 15 is 0 Å². The van der Waals surface area contributed by atoms with Crippen LogP contribution in [-0.2, 0) is 20.9 Å². The normalized spacial score (nSPS) is 14.5. The molecule has 1 aliphatic heterocycles. The molecule has 6 N–H and O–H groups in total. The lowest BCUT2D eigenvalue weighted by atomic mass is 10.0. The summed E-state index contributed by atoms with van der Waals surface area (Å²) in [6.07, 6.45) is 3.26. The number of methoxy groups -OCH3 is 1. The number of piperidine rings is 1. The number of likely N-dealkylation sites (N-methyl/N-ethyl adjacent to an activating group) is 2. The van der Waals surface area contributed by atoms with Crippen LogP contribution in [0.2, 0.25) is 0 Å². The molecule has 0 radical (unpaired) electrons. The molecule has 41 heavy (non-hydrogen) atoms. The maximum atomic E-state index is 12.4. The molecule has 1 saturated heterocycles. The van der Waals surface area contributed by atoms with E-state index in [1.165, 1.54) is 7.11 Å². The van der Waals surface area contributed by atoms with Gasteiger partial charge < -0.3 is 26.4 Å². The molecule has 2 aromatic rings. The molecule has 0 aliphatic carbocycles. The number of nitrogen functional groups attached to an aromatic ring is 1. The van der Waals surface area contributed by atoms with Crippen molar-refractivity contribution in [2.75, 3.05) is 51.9 Å². The van der Waals surface area contributed by atoms with Gasteiger partial charge in [0, 0.05) is 54.9 Å². The van der Waals surface area contributed by atoms with Crippen LogP contribution in [0.1, 0.15) is 52.0 Å². The Morgan fingerprint density at radius 2 is 1.93 bits per heavy atom. The van der Waals surface area contributed by atoms with Gasteiger partial charge in [0.15, 0.2) is 0 Å². The summed E-state index contributed by atoms with van der Waals surface area (Å²) >= 11 is 0. The molecule has 12 heteroatoms. The van der Waals surface area contributed by atoms with E-state index in [1.807, 2.05) is 7.05 Å². The molecule has 1 atom stereocenters. The average molecular weight is 569 g/mol. The predicted octanol–water partition coefficient (Wildman–Crippen LogP) is 1.35. The van der Waals surface area contributed by atoms with Gasteiger partial charge >= 0.3 is 0 Å². The lowest BCUT2D eigenvalue weighted by Gasteiger charge is -2.30. The highest BCUT2D eigenvalue weighted by Gasteiger charge is 2.30. The van der Waals surface area contributed by atoms with Crippen molar-refractivity contribution in [1.29, 1.82) is 0 Å². The summed E-state index contributed by atoms with van der Waals surface area (Å²) in [5.74, 6) is -0.201. The summed E-state index contributed by atoms with van der Waals surface area (Å²) in [4.78, 5) is 59.5. The highest BCUT2D eigenvalue weighted by Crippen LogP contribution is 2.24. The van der Waals surface area contributed by atoms with E-state index in [0.717, 1.165) is 32.2 Å². The van der Waals surface area contributed by atoms with Crippen LogP contribution in [0.4, 0.5) is 11.4 Å². The van der Waals surface area contributed by atoms with Gasteiger partial charge in [-0.15, -0.1) is 0 Å². The quantitative estimate of drug-likeness (QED) is 0.0969. The fraction of sp³-hybridized carbons (Fsp3) is 0.414. The summed E-state index contributed by atoms with van der Waals surface area (Å²) in [7, 11) is 5.17. The zero-order valence-corrected chi connectivity index (χ0v) is 23.8. The minimum Gasteiger partial charge on any atom is -0.495 e. The standard InChI is InChI=1S/C21H31N5O4.C8H9NO2/c1-22-11-12-23-10-4-7-19(28)24-17-6-3-5-15(14-27)16(17)13-26(2)18-8-9-20(29)25-21(18)30;1-11-8-4-6(5-10)2-3-7(8)9/h3,5-6,14,18,22-23H,4,7-13H2,1-2H3,(H,24,28)(H,25,29,30);2-5H,9H2,1H3. The number of anilines is 2. The largest absolute Gasteiger partial charge is 0.495 e. The number of carbonyl (C=O) groups is 5. The average Bonchev–Trinajstić information content (AvgIpc) is 2.96. The third kappa shape index (κ3) is 10.7. The molecular weight excluding hydrogens is 528 g/mol. The highest BCUT2D eigenvalue weighted by atomic mass is 16.5. The van der Waals surface area contributed by atoms with Gasteiger partial charge in [-0.1, -0.05) is 12.1 Å². The maximum absolute atomic E-state index is 12.4. The number of carbonyl (C=O) groups excluding carboxylic acids is 5. The van der Waals surface area contributed by atoms with Crippen LogP contribution < -0.4 is 31.7 Å². The van der Waals surface area contributed by atoms with Crippen LogP contribution in [0.3, 0.4) is 0 Å². The van der Waals surface area contributed by atoms with Crippen molar-refractivity contribution in [2.24, 2.45) is 0 Å². The Morgan fingerprint density at radius 1 is 1.15 bits per heavy atom. The monoisotopic (exact) mass is 568 g/mol. The van der Waals surface area contributed by atoms with E-state index in [-0.39, 0.29) is 24.1 Å². The van der Waals surface area contributed by atoms with Gasteiger partial charge in [-0.25, -0.2) is 0 Å². The zero-order valence-electron chi connectivity index (χ0n) is 23.8. The lowest BCUT2D eigenvalue weighted by Crippen LogP contribution is -2.51. The number of hydrogen-bond donors (Lipinski definition) is 5. The van der Waals surface area contributed by atoms with E-state index in [2.05, 4.69) is 21.3 Å². The lowest BCUT2D eigenvalue weighted by molar-refractivity contribution is -0.137. The summed E-state index contributed by atoms with van der Waals surface area (Å²) in [6, 6.07) is 9.57. The van der Waals surface area contributed by atoms with Gasteiger partial charge in [0.1, 0.15) is 18.3 Å². The van der Waals surface area contributed by atoms with Gasteiger partial charge in [0.2, 0.25) is 17.7 Å². The zero-order chi connectivity index (χ0) is 30.2. The van der Waals surface area contributed by atoms with Crippen LogP contribution in [-0.4, -0.2) is 82.1 Å². The van der Waals surface area contributed by atoms with Gasteiger partial charge in [0.05, 0.1) is 18.8 Å². The molecule has 0 spiro atoms. The molecule has 1 aliphatic rings. The summed E-state index contributed by atoms with van der Waals surface area (Å²) in [5, 5.41) is 11.5. The van der Waals surface area contributed by atoms with Gasteiger partial charge in [-0.05, 0) is 57.7 Å². The van der Waals surface area contributed by atoms with Crippen molar-refractivity contribution in [3.05, 3.63) is 53.1 Å². The number of amides is 3. The Morgan fingerprint density at radius 3 is 2.59 bits per heavy atom. The van der Waals surface area contributed by atoms with Gasteiger partial charge in [-0.2, -0.15) is 0 Å². The molecule has 3 rings (SSSR count). The topological polar surface area (TPSA) is 172 Å². The van der Waals surface area contributed by atoms with E-state index in [0.29, 0.717) is 59.6 Å². The highest BCUT2D eigenvalue weighted by molar-refractivity contribution is 6.00. The molecule has 1 fully saturated rings. The third-order valence-corrected chi connectivity index (χ3v) is 6.47. The number of benzene rings is 2. The minimum absolute atomic E-state index is 0.127. The summed E-state index contributed by atoms with van der Waals surface area (Å²) in [6.45, 7) is 2.75. The Kier molecular flexibility index (Phi) is 14.1. The van der Waals surface area contributed by atoms with Crippen molar-refractivity contribution < 1.29 is 28.7 Å². The molecule has 222 valence electrons. The van der Waals surface area contributed by atoms with Crippen LogP contribution in [0.5, 0.6) is 5.75 Å². The number of rotatable bonds is 14. The fourth-order valence-electron chi connectivity index (χ4n) is 4.20. The number of nitrogens with one attached hydrogen (secondary N) is 4. The Hall–Kier alpha value is -4.13. The minimum atomic E-state index is -0.463. The van der Waals surface area contributed by atoms with E-state index in [1.54, 1.807) is 48.3 Å². The number of imide groups is 1. The number of nitrogens with two attached hydrogens (primary N) is 1. The van der Waals surface area contributed by atoms with Crippen molar-refractivity contribution in [3.8, 4) is 5.75 Å². The molecule has 1 heterocycles. The summed E-state index contributed by atoms with van der Waals surface area (Å²) < 4.78 is 4.90. The second-order valence-corrected chi connectivity index (χ2v) is 9.50. The Labute approximate surface area is 240 Å². The molecule has 0 aromatic heterocycles. The van der Waals surface area contributed by atoms with Crippen LogP contribution >= 0.6 is 0 Å². The molecule has 1 unspecified atom stereocenters. The van der Waals surface area contributed by atoms with Crippen molar-refractivity contribution in [3.63, 3.8) is 0 Å². The first-order chi connectivity index (χ1) is 19.7. The van der Waals surface area contributed by atoms with Gasteiger partial charge in [-0.3, -0.25) is 34.2 Å². The van der Waals surface area contributed by atoms with Crippen LogP contribution in [0.15, 0.2) is 36.4 Å². The Balaban J connectivity index is 0.000000446. The first-order valence-electron chi connectivity index (χ1n) is 13.4. The third-order valence-electron chi connectivity index (χ3n) is 6.47. The number of hydrogen-bond acceptors (Lipinski definition) is 10. The van der Waals surface area contributed by atoms with Crippen molar-refractivity contribution in [1.82, 2.24) is 20.9 Å². The second kappa shape index (κ2) is 17.5. The van der Waals surface area contributed by atoms with Crippen LogP contribution in [0, 0.1) is 0 Å². The Bertz CT molecular complexity index is 1200. The fourth-order valence-corrected chi connectivity index (χ4v) is 4.20. The SMILES string of the molecule is CNCCNCCCC(=O)Nc1cccc(C=O)c1CN(C)C1CCC(=O)NC1=O.COc1cc(C=O)ccc1N. The first kappa shape index (κ1) is 33.1. The maximum Gasteiger partial charge on any atom is 0.243 e. The molecular formula is C29H40N6O6. The summed E-state index contributed by atoms with van der Waals surface area (Å²) in [5.41, 5.74) is 8.29.